The first-order valence-corrected chi connectivity index (χ1v) is 4.21. The molecule has 0 aliphatic rings. The van der Waals surface area contributed by atoms with Crippen molar-refractivity contribution in [2.45, 2.75) is 6.92 Å². The molecule has 0 heterocycles. The van der Waals surface area contributed by atoms with E-state index >= 15 is 0 Å². The van der Waals surface area contributed by atoms with E-state index in [0.717, 1.165) is 0 Å². The lowest BCUT2D eigenvalue weighted by atomic mass is 10.2. The number of nitrogens with two attached hydrogens (primary N) is 1. The first-order valence-electron chi connectivity index (χ1n) is 3.83. The van der Waals surface area contributed by atoms with E-state index in [1.807, 2.05) is 0 Å². The average molecular weight is 338 g/mol. The lowest BCUT2D eigenvalue weighted by Crippen LogP contribution is -2.16. The fraction of sp³-hybridized carbons (Fsp3) is 0.100. The Morgan fingerprint density at radius 2 is 2.20 bits per heavy atom. The molecule has 0 aliphatic heterocycles. The van der Waals surface area contributed by atoms with E-state index in [0.29, 0.717) is 10.6 Å². The number of ether oxygens (including phenoxy) is 1. The number of carbonyl (C=O) groups is 1. The van der Waals surface area contributed by atoms with Crippen LogP contribution in [0.3, 0.4) is 0 Å². The van der Waals surface area contributed by atoms with Crippen LogP contribution in [0.4, 0.5) is 4.79 Å². The minimum absolute atomic E-state index is 0. The zero-order valence-corrected chi connectivity index (χ0v) is 11.0. The SMILES string of the molecule is CC#Cc1c(Cl)cccc1OC(N)=O.I. The maximum Gasteiger partial charge on any atom is 0.410 e. The van der Waals surface area contributed by atoms with Crippen LogP contribution in [0, 0.1) is 11.8 Å². The van der Waals surface area contributed by atoms with Crippen molar-refractivity contribution in [2.75, 3.05) is 0 Å². The van der Waals surface area contributed by atoms with Gasteiger partial charge in [0, 0.05) is 0 Å². The summed E-state index contributed by atoms with van der Waals surface area (Å²) in [4.78, 5) is 10.5. The molecule has 80 valence electrons. The second kappa shape index (κ2) is 6.53. The summed E-state index contributed by atoms with van der Waals surface area (Å²) >= 11 is 5.86. The van der Waals surface area contributed by atoms with Crippen LogP contribution in [0.25, 0.3) is 0 Å². The van der Waals surface area contributed by atoms with Gasteiger partial charge in [0.25, 0.3) is 0 Å². The first kappa shape index (κ1) is 14.1. The fourth-order valence-electron chi connectivity index (χ4n) is 0.944. The molecule has 0 aromatic heterocycles. The van der Waals surface area contributed by atoms with Gasteiger partial charge in [0.15, 0.2) is 0 Å². The molecule has 0 atom stereocenters. The van der Waals surface area contributed by atoms with Crippen molar-refractivity contribution < 1.29 is 9.53 Å². The summed E-state index contributed by atoms with van der Waals surface area (Å²) in [6.07, 6.45) is -0.883. The van der Waals surface area contributed by atoms with Gasteiger partial charge in [-0.05, 0) is 19.1 Å². The average Bonchev–Trinajstić information content (AvgIpc) is 2.10. The van der Waals surface area contributed by atoms with Crippen LogP contribution in [0.5, 0.6) is 5.75 Å². The van der Waals surface area contributed by atoms with Crippen molar-refractivity contribution in [3.05, 3.63) is 28.8 Å². The molecule has 0 radical (unpaired) electrons. The van der Waals surface area contributed by atoms with E-state index in [1.54, 1.807) is 25.1 Å². The highest BCUT2D eigenvalue weighted by atomic mass is 127. The highest BCUT2D eigenvalue weighted by Crippen LogP contribution is 2.25. The number of hydrogen-bond donors (Lipinski definition) is 1. The Bertz CT molecular complexity index is 423. The molecule has 0 unspecified atom stereocenters. The largest absolute Gasteiger partial charge is 0.410 e. The second-order valence-corrected chi connectivity index (χ2v) is 2.82. The number of amides is 1. The van der Waals surface area contributed by atoms with Gasteiger partial charge < -0.3 is 10.5 Å². The number of rotatable bonds is 1. The van der Waals surface area contributed by atoms with Gasteiger partial charge in [0.2, 0.25) is 0 Å². The van der Waals surface area contributed by atoms with E-state index in [4.69, 9.17) is 22.1 Å². The minimum Gasteiger partial charge on any atom is -0.409 e. The Labute approximate surface area is 110 Å². The lowest BCUT2D eigenvalue weighted by Gasteiger charge is -2.04. The van der Waals surface area contributed by atoms with E-state index in [1.165, 1.54) is 0 Å². The molecule has 0 spiro atoms. The highest BCUT2D eigenvalue weighted by Gasteiger charge is 2.07. The van der Waals surface area contributed by atoms with Crippen LogP contribution in [0.1, 0.15) is 12.5 Å². The zero-order valence-electron chi connectivity index (χ0n) is 7.91. The minimum atomic E-state index is -0.883. The van der Waals surface area contributed by atoms with Gasteiger partial charge in [-0.25, -0.2) is 4.79 Å². The molecule has 1 aromatic carbocycles. The molecule has 1 rings (SSSR count). The summed E-state index contributed by atoms with van der Waals surface area (Å²) in [6.45, 7) is 1.66. The zero-order chi connectivity index (χ0) is 10.6. The maximum absolute atomic E-state index is 10.5. The van der Waals surface area contributed by atoms with Crippen LogP contribution >= 0.6 is 35.6 Å². The molecule has 0 fully saturated rings. The number of benzene rings is 1. The normalized spacial score (nSPS) is 8.13. The van der Waals surface area contributed by atoms with Crippen molar-refractivity contribution in [2.24, 2.45) is 5.73 Å². The predicted octanol–water partition coefficient (Wildman–Crippen LogP) is 2.79. The van der Waals surface area contributed by atoms with Gasteiger partial charge in [-0.1, -0.05) is 23.6 Å². The van der Waals surface area contributed by atoms with Gasteiger partial charge >= 0.3 is 6.09 Å². The van der Waals surface area contributed by atoms with Crippen LogP contribution in [-0.4, -0.2) is 6.09 Å². The molecule has 1 amide bonds. The predicted molar refractivity (Wildman–Crippen MR) is 69.6 cm³/mol. The number of halogens is 2. The smallest absolute Gasteiger partial charge is 0.409 e. The Morgan fingerprint density at radius 1 is 1.53 bits per heavy atom. The summed E-state index contributed by atoms with van der Waals surface area (Å²) in [5.74, 6) is 5.68. The van der Waals surface area contributed by atoms with Crippen molar-refractivity contribution in [3.8, 4) is 17.6 Å². The third-order valence-electron chi connectivity index (χ3n) is 1.44. The summed E-state index contributed by atoms with van der Waals surface area (Å²) < 4.78 is 4.73. The molecule has 3 nitrogen and oxygen atoms in total. The van der Waals surface area contributed by atoms with Gasteiger partial charge in [-0.15, -0.1) is 29.9 Å². The van der Waals surface area contributed by atoms with E-state index < -0.39 is 6.09 Å². The molecular weight excluding hydrogens is 328 g/mol. The Hall–Kier alpha value is -0.930. The summed E-state index contributed by atoms with van der Waals surface area (Å²) in [6, 6.07) is 4.90. The summed E-state index contributed by atoms with van der Waals surface area (Å²) in [5.41, 5.74) is 5.36. The van der Waals surface area contributed by atoms with E-state index in [9.17, 15) is 4.79 Å². The second-order valence-electron chi connectivity index (χ2n) is 2.41. The van der Waals surface area contributed by atoms with Crippen molar-refractivity contribution in [3.63, 3.8) is 0 Å². The fourth-order valence-corrected chi connectivity index (χ4v) is 1.16. The Balaban J connectivity index is 0.00000196. The quantitative estimate of drug-likeness (QED) is 0.633. The monoisotopic (exact) mass is 337 g/mol. The van der Waals surface area contributed by atoms with Gasteiger partial charge in [-0.3, -0.25) is 0 Å². The standard InChI is InChI=1S/C10H8ClNO2.HI/c1-2-4-7-8(11)5-3-6-9(7)14-10(12)13;/h3,5-6H,1H3,(H2,12,13);1H. The highest BCUT2D eigenvalue weighted by molar-refractivity contribution is 14.0. The lowest BCUT2D eigenvalue weighted by molar-refractivity contribution is 0.211. The van der Waals surface area contributed by atoms with Crippen LogP contribution < -0.4 is 10.5 Å². The van der Waals surface area contributed by atoms with Gasteiger partial charge in [-0.2, -0.15) is 0 Å². The van der Waals surface area contributed by atoms with Crippen LogP contribution in [-0.2, 0) is 0 Å². The Morgan fingerprint density at radius 3 is 2.73 bits per heavy atom. The van der Waals surface area contributed by atoms with Crippen LogP contribution in [0.15, 0.2) is 18.2 Å². The molecule has 0 saturated heterocycles. The van der Waals surface area contributed by atoms with Crippen molar-refractivity contribution >= 4 is 41.7 Å². The molecule has 15 heavy (non-hydrogen) atoms. The third kappa shape index (κ3) is 3.98. The van der Waals surface area contributed by atoms with Crippen molar-refractivity contribution in [1.29, 1.82) is 0 Å². The van der Waals surface area contributed by atoms with Crippen LogP contribution in [0.2, 0.25) is 5.02 Å². The molecular formula is C10H9ClINO2. The summed E-state index contributed by atoms with van der Waals surface area (Å²) in [5, 5.41) is 0.429. The molecule has 0 bridgehead atoms. The molecule has 0 aliphatic carbocycles. The van der Waals surface area contributed by atoms with E-state index in [-0.39, 0.29) is 29.7 Å². The summed E-state index contributed by atoms with van der Waals surface area (Å²) in [7, 11) is 0. The number of primary amides is 1. The molecule has 0 saturated carbocycles. The molecule has 2 N–H and O–H groups in total. The van der Waals surface area contributed by atoms with Gasteiger partial charge in [0.1, 0.15) is 5.75 Å². The maximum atomic E-state index is 10.5. The third-order valence-corrected chi connectivity index (χ3v) is 1.75. The topological polar surface area (TPSA) is 52.3 Å². The molecule has 1 aromatic rings. The molecule has 5 heteroatoms. The Kier molecular flexibility index (Phi) is 6.13. The van der Waals surface area contributed by atoms with Gasteiger partial charge in [0.05, 0.1) is 10.6 Å². The number of carbonyl (C=O) groups excluding carboxylic acids is 1. The number of hydrogen-bond acceptors (Lipinski definition) is 2. The van der Waals surface area contributed by atoms with Crippen molar-refractivity contribution in [1.82, 2.24) is 0 Å². The van der Waals surface area contributed by atoms with E-state index in [2.05, 4.69) is 11.8 Å². The first-order chi connectivity index (χ1) is 6.65.